The molecule has 6 heteroatoms. The highest BCUT2D eigenvalue weighted by atomic mass is 35.5. The van der Waals surface area contributed by atoms with Gasteiger partial charge in [0.2, 0.25) is 0 Å². The van der Waals surface area contributed by atoms with E-state index in [1.54, 1.807) is 22.9 Å². The summed E-state index contributed by atoms with van der Waals surface area (Å²) in [6.07, 6.45) is 0. The zero-order valence-electron chi connectivity index (χ0n) is 11.7. The van der Waals surface area contributed by atoms with E-state index in [2.05, 4.69) is 21.6 Å². The van der Waals surface area contributed by atoms with E-state index in [0.29, 0.717) is 22.1 Å². The van der Waals surface area contributed by atoms with Crippen molar-refractivity contribution >= 4 is 17.3 Å². The summed E-state index contributed by atoms with van der Waals surface area (Å²) in [6, 6.07) is 11.4. The van der Waals surface area contributed by atoms with E-state index in [4.69, 9.17) is 17.3 Å². The van der Waals surface area contributed by atoms with Gasteiger partial charge in [-0.3, -0.25) is 0 Å². The van der Waals surface area contributed by atoms with Gasteiger partial charge in [-0.1, -0.05) is 17.7 Å². The molecule has 3 aromatic rings. The van der Waals surface area contributed by atoms with Gasteiger partial charge in [-0.2, -0.15) is 4.68 Å². The second-order valence-corrected chi connectivity index (χ2v) is 5.41. The number of rotatable bonds is 2. The third kappa shape index (κ3) is 2.60. The fraction of sp³-hybridized carbons (Fsp3) is 0.133. The molecule has 0 aliphatic rings. The molecule has 1 heterocycles. The second kappa shape index (κ2) is 5.18. The summed E-state index contributed by atoms with van der Waals surface area (Å²) in [4.78, 5) is 0. The summed E-state index contributed by atoms with van der Waals surface area (Å²) in [5, 5.41) is 12.5. The van der Waals surface area contributed by atoms with Crippen molar-refractivity contribution in [3.63, 3.8) is 0 Å². The molecule has 0 atom stereocenters. The highest BCUT2D eigenvalue weighted by Crippen LogP contribution is 2.29. The summed E-state index contributed by atoms with van der Waals surface area (Å²) in [5.74, 6) is 0.567. The van der Waals surface area contributed by atoms with E-state index in [1.165, 1.54) is 0 Å². The molecular weight excluding hydrogens is 286 g/mol. The van der Waals surface area contributed by atoms with Crippen molar-refractivity contribution in [1.82, 2.24) is 20.2 Å². The lowest BCUT2D eigenvalue weighted by Gasteiger charge is -2.08. The fourth-order valence-electron chi connectivity index (χ4n) is 2.32. The average Bonchev–Trinajstić information content (AvgIpc) is 2.89. The van der Waals surface area contributed by atoms with Gasteiger partial charge in [-0.05, 0) is 65.7 Å². The van der Waals surface area contributed by atoms with Crippen LogP contribution in [0.4, 0.5) is 5.69 Å². The molecule has 2 N–H and O–H groups in total. The highest BCUT2D eigenvalue weighted by molar-refractivity contribution is 6.33. The zero-order chi connectivity index (χ0) is 15.0. The Kier molecular flexibility index (Phi) is 3.35. The minimum absolute atomic E-state index is 0.560. The molecule has 0 saturated carbocycles. The van der Waals surface area contributed by atoms with Crippen LogP contribution < -0.4 is 5.73 Å². The van der Waals surface area contributed by atoms with Crippen molar-refractivity contribution in [3.05, 3.63) is 52.5 Å². The minimum Gasteiger partial charge on any atom is -0.399 e. The normalized spacial score (nSPS) is 10.8. The summed E-state index contributed by atoms with van der Waals surface area (Å²) < 4.78 is 1.67. The van der Waals surface area contributed by atoms with Crippen molar-refractivity contribution < 1.29 is 0 Å². The van der Waals surface area contributed by atoms with Crippen LogP contribution in [0.1, 0.15) is 11.1 Å². The lowest BCUT2D eigenvalue weighted by Crippen LogP contribution is -2.01. The van der Waals surface area contributed by atoms with E-state index < -0.39 is 0 Å². The Morgan fingerprint density at radius 2 is 1.76 bits per heavy atom. The van der Waals surface area contributed by atoms with Crippen LogP contribution in [0.3, 0.4) is 0 Å². The number of nitrogen functional groups attached to an aromatic ring is 1. The Morgan fingerprint density at radius 1 is 1.05 bits per heavy atom. The van der Waals surface area contributed by atoms with Crippen molar-refractivity contribution in [2.45, 2.75) is 13.8 Å². The average molecular weight is 300 g/mol. The Bertz CT molecular complexity index is 789. The summed E-state index contributed by atoms with van der Waals surface area (Å²) in [5.41, 5.74) is 10.3. The Hall–Kier alpha value is -2.40. The van der Waals surface area contributed by atoms with Crippen molar-refractivity contribution in [1.29, 1.82) is 0 Å². The molecular formula is C15H14ClN5. The maximum atomic E-state index is 6.25. The molecule has 0 spiro atoms. The Balaban J connectivity index is 2.19. The van der Waals surface area contributed by atoms with Crippen LogP contribution in [0.2, 0.25) is 5.02 Å². The lowest BCUT2D eigenvalue weighted by molar-refractivity contribution is 0.790. The largest absolute Gasteiger partial charge is 0.399 e. The number of anilines is 1. The number of halogens is 1. The first kappa shape index (κ1) is 13.6. The van der Waals surface area contributed by atoms with E-state index in [9.17, 15) is 0 Å². The predicted molar refractivity (Wildman–Crippen MR) is 83.5 cm³/mol. The molecule has 1 aromatic heterocycles. The molecule has 0 aliphatic heterocycles. The third-order valence-corrected chi connectivity index (χ3v) is 3.48. The van der Waals surface area contributed by atoms with Gasteiger partial charge in [-0.25, -0.2) is 0 Å². The van der Waals surface area contributed by atoms with Crippen LogP contribution in [0, 0.1) is 13.8 Å². The number of benzene rings is 2. The third-order valence-electron chi connectivity index (χ3n) is 3.15. The molecule has 0 unspecified atom stereocenters. The van der Waals surface area contributed by atoms with Gasteiger partial charge in [0.05, 0.1) is 10.7 Å². The number of hydrogen-bond donors (Lipinski definition) is 1. The molecule has 0 radical (unpaired) electrons. The summed E-state index contributed by atoms with van der Waals surface area (Å²) in [6.45, 7) is 4.07. The molecule has 0 bridgehead atoms. The first-order valence-corrected chi connectivity index (χ1v) is 6.85. The van der Waals surface area contributed by atoms with Crippen LogP contribution >= 0.6 is 11.6 Å². The quantitative estimate of drug-likeness (QED) is 0.738. The van der Waals surface area contributed by atoms with Gasteiger partial charge >= 0.3 is 0 Å². The van der Waals surface area contributed by atoms with Gasteiger partial charge < -0.3 is 5.73 Å². The minimum atomic E-state index is 0.560. The molecule has 21 heavy (non-hydrogen) atoms. The zero-order valence-corrected chi connectivity index (χ0v) is 12.5. The van der Waals surface area contributed by atoms with Crippen LogP contribution in [-0.4, -0.2) is 20.2 Å². The van der Waals surface area contributed by atoms with Gasteiger partial charge in [0, 0.05) is 11.3 Å². The van der Waals surface area contributed by atoms with Gasteiger partial charge in [0.1, 0.15) is 0 Å². The lowest BCUT2D eigenvalue weighted by atomic mass is 10.1. The van der Waals surface area contributed by atoms with Crippen molar-refractivity contribution in [2.24, 2.45) is 0 Å². The van der Waals surface area contributed by atoms with Crippen LogP contribution in [0.25, 0.3) is 17.1 Å². The standard InChI is InChI=1S/C15H14ClN5/c1-9-5-10(2)7-12(6-9)21-15(18-19-20-21)13-8-11(17)3-4-14(13)16/h3-8H,17H2,1-2H3. The number of nitrogens with zero attached hydrogens (tertiary/aromatic N) is 4. The predicted octanol–water partition coefficient (Wildman–Crippen LogP) is 3.18. The number of hydrogen-bond acceptors (Lipinski definition) is 4. The number of nitrogens with two attached hydrogens (primary N) is 1. The monoisotopic (exact) mass is 299 g/mol. The van der Waals surface area contributed by atoms with Gasteiger partial charge in [-0.15, -0.1) is 5.10 Å². The van der Waals surface area contributed by atoms with Crippen LogP contribution in [0.5, 0.6) is 0 Å². The van der Waals surface area contributed by atoms with Crippen LogP contribution in [-0.2, 0) is 0 Å². The molecule has 106 valence electrons. The Morgan fingerprint density at radius 3 is 2.48 bits per heavy atom. The molecule has 0 aliphatic carbocycles. The molecule has 2 aromatic carbocycles. The van der Waals surface area contributed by atoms with Crippen molar-refractivity contribution in [2.75, 3.05) is 5.73 Å². The summed E-state index contributed by atoms with van der Waals surface area (Å²) >= 11 is 6.25. The maximum absolute atomic E-state index is 6.25. The maximum Gasteiger partial charge on any atom is 0.188 e. The molecule has 5 nitrogen and oxygen atoms in total. The SMILES string of the molecule is Cc1cc(C)cc(-n2nnnc2-c2cc(N)ccc2Cl)c1. The first-order valence-electron chi connectivity index (χ1n) is 6.47. The number of aromatic nitrogens is 4. The first-order chi connectivity index (χ1) is 10.0. The number of aryl methyl sites for hydroxylation is 2. The molecule has 0 fully saturated rings. The molecule has 0 saturated heterocycles. The molecule has 0 amide bonds. The molecule has 3 rings (SSSR count). The van der Waals surface area contributed by atoms with E-state index in [0.717, 1.165) is 16.8 Å². The van der Waals surface area contributed by atoms with Gasteiger partial charge in [0.15, 0.2) is 5.82 Å². The van der Waals surface area contributed by atoms with E-state index in [-0.39, 0.29) is 0 Å². The van der Waals surface area contributed by atoms with Gasteiger partial charge in [0.25, 0.3) is 0 Å². The highest BCUT2D eigenvalue weighted by Gasteiger charge is 2.14. The topological polar surface area (TPSA) is 69.6 Å². The van der Waals surface area contributed by atoms with E-state index >= 15 is 0 Å². The number of tetrazole rings is 1. The van der Waals surface area contributed by atoms with Crippen molar-refractivity contribution in [3.8, 4) is 17.1 Å². The fourth-order valence-corrected chi connectivity index (χ4v) is 2.52. The second-order valence-electron chi connectivity index (χ2n) is 5.00. The smallest absolute Gasteiger partial charge is 0.188 e. The Labute approximate surface area is 127 Å². The van der Waals surface area contributed by atoms with Crippen LogP contribution in [0.15, 0.2) is 36.4 Å². The summed E-state index contributed by atoms with van der Waals surface area (Å²) in [7, 11) is 0. The van der Waals surface area contributed by atoms with E-state index in [1.807, 2.05) is 26.0 Å².